The van der Waals surface area contributed by atoms with Gasteiger partial charge in [-0.1, -0.05) is 20.8 Å². The van der Waals surface area contributed by atoms with Crippen LogP contribution < -0.4 is 0 Å². The van der Waals surface area contributed by atoms with Crippen molar-refractivity contribution in [2.24, 2.45) is 5.41 Å². The van der Waals surface area contributed by atoms with E-state index in [0.717, 1.165) is 6.42 Å². The van der Waals surface area contributed by atoms with Crippen molar-refractivity contribution in [2.45, 2.75) is 27.2 Å². The van der Waals surface area contributed by atoms with E-state index in [9.17, 15) is 0 Å². The van der Waals surface area contributed by atoms with Gasteiger partial charge in [0.1, 0.15) is 0 Å². The summed E-state index contributed by atoms with van der Waals surface area (Å²) in [5, 5.41) is 0. The monoisotopic (exact) mass is 188 g/mol. The van der Waals surface area contributed by atoms with E-state index >= 15 is 0 Å². The molecule has 0 atom stereocenters. The van der Waals surface area contributed by atoms with Gasteiger partial charge >= 0.3 is 0 Å². The summed E-state index contributed by atoms with van der Waals surface area (Å²) in [4.78, 5) is 4.15. The van der Waals surface area contributed by atoms with E-state index in [0.29, 0.717) is 5.41 Å². The zero-order valence-corrected chi connectivity index (χ0v) is 8.99. The highest BCUT2D eigenvalue weighted by Gasteiger charge is 2.13. The highest BCUT2D eigenvalue weighted by molar-refractivity contribution is 5.54. The topological polar surface area (TPSA) is 17.3 Å². The number of nitrogens with zero attached hydrogens (tertiary/aromatic N) is 2. The second-order valence-electron chi connectivity index (χ2n) is 4.95. The van der Waals surface area contributed by atoms with Gasteiger partial charge in [-0.05, 0) is 23.5 Å². The molecule has 14 heavy (non-hydrogen) atoms. The fourth-order valence-corrected chi connectivity index (χ4v) is 1.73. The molecule has 0 saturated carbocycles. The summed E-state index contributed by atoms with van der Waals surface area (Å²) in [6.07, 6.45) is 8.92. The quantitative estimate of drug-likeness (QED) is 0.672. The molecule has 74 valence electrons. The highest BCUT2D eigenvalue weighted by atomic mass is 14.9. The van der Waals surface area contributed by atoms with Gasteiger partial charge in [0.2, 0.25) is 0 Å². The Morgan fingerprint density at radius 1 is 1.29 bits per heavy atom. The lowest BCUT2D eigenvalue weighted by Gasteiger charge is -2.17. The first-order valence-electron chi connectivity index (χ1n) is 4.96. The van der Waals surface area contributed by atoms with Crippen LogP contribution in [-0.4, -0.2) is 9.38 Å². The fourth-order valence-electron chi connectivity index (χ4n) is 1.73. The molecule has 0 fully saturated rings. The molecule has 2 rings (SSSR count). The number of fused-ring (bicyclic) bond motifs is 1. The summed E-state index contributed by atoms with van der Waals surface area (Å²) < 4.78 is 2.12. The molecule has 0 unspecified atom stereocenters. The summed E-state index contributed by atoms with van der Waals surface area (Å²) in [7, 11) is 0. The largest absolute Gasteiger partial charge is 0.321 e. The number of aromatic nitrogens is 2. The molecule has 0 saturated heterocycles. The minimum absolute atomic E-state index is 0.331. The summed E-state index contributed by atoms with van der Waals surface area (Å²) in [5.74, 6) is 0. The molecule has 2 nitrogen and oxygen atoms in total. The summed E-state index contributed by atoms with van der Waals surface area (Å²) in [5.41, 5.74) is 2.94. The van der Waals surface area contributed by atoms with Crippen molar-refractivity contribution in [3.05, 3.63) is 36.4 Å². The van der Waals surface area contributed by atoms with Gasteiger partial charge in [-0.15, -0.1) is 0 Å². The highest BCUT2D eigenvalue weighted by Crippen LogP contribution is 2.23. The second kappa shape index (κ2) is 3.12. The van der Waals surface area contributed by atoms with Crippen LogP contribution in [0.15, 0.2) is 30.9 Å². The maximum absolute atomic E-state index is 4.15. The molecule has 0 spiro atoms. The van der Waals surface area contributed by atoms with E-state index in [1.807, 2.05) is 18.6 Å². The van der Waals surface area contributed by atoms with E-state index in [4.69, 9.17) is 0 Å². The Morgan fingerprint density at radius 3 is 2.79 bits per heavy atom. The molecule has 2 aromatic heterocycles. The molecule has 2 heterocycles. The van der Waals surface area contributed by atoms with Crippen molar-refractivity contribution >= 4 is 5.52 Å². The zero-order valence-electron chi connectivity index (χ0n) is 8.99. The van der Waals surface area contributed by atoms with Crippen molar-refractivity contribution in [1.82, 2.24) is 9.38 Å². The number of hydrogen-bond acceptors (Lipinski definition) is 1. The van der Waals surface area contributed by atoms with Gasteiger partial charge in [-0.2, -0.15) is 0 Å². The summed E-state index contributed by atoms with van der Waals surface area (Å²) in [6, 6.07) is 2.18. The van der Waals surface area contributed by atoms with Crippen molar-refractivity contribution in [3.63, 3.8) is 0 Å². The third-order valence-corrected chi connectivity index (χ3v) is 2.27. The van der Waals surface area contributed by atoms with Gasteiger partial charge in [0.05, 0.1) is 11.7 Å². The Kier molecular flexibility index (Phi) is 2.06. The van der Waals surface area contributed by atoms with E-state index in [1.54, 1.807) is 0 Å². The first kappa shape index (κ1) is 9.25. The van der Waals surface area contributed by atoms with Gasteiger partial charge in [-0.25, -0.2) is 0 Å². The number of hydrogen-bond donors (Lipinski definition) is 0. The van der Waals surface area contributed by atoms with Crippen LogP contribution in [0.1, 0.15) is 26.3 Å². The van der Waals surface area contributed by atoms with Gasteiger partial charge in [0, 0.05) is 18.6 Å². The Labute approximate surface area is 84.6 Å². The van der Waals surface area contributed by atoms with Crippen LogP contribution in [0.25, 0.3) is 5.52 Å². The minimum atomic E-state index is 0.331. The predicted molar refractivity (Wildman–Crippen MR) is 58.4 cm³/mol. The Balaban J connectivity index is 2.44. The standard InChI is InChI=1S/C12H16N2/c1-12(2,3)8-10-4-6-14-7-5-13-9-11(10)14/h4-7,9H,8H2,1-3H3. The van der Waals surface area contributed by atoms with Crippen LogP contribution in [0.5, 0.6) is 0 Å². The van der Waals surface area contributed by atoms with E-state index in [-0.39, 0.29) is 0 Å². The average Bonchev–Trinajstić information content (AvgIpc) is 2.47. The van der Waals surface area contributed by atoms with Crippen LogP contribution in [-0.2, 0) is 6.42 Å². The number of rotatable bonds is 1. The first-order valence-corrected chi connectivity index (χ1v) is 4.96. The van der Waals surface area contributed by atoms with Crippen LogP contribution in [0, 0.1) is 5.41 Å². The van der Waals surface area contributed by atoms with Gasteiger partial charge in [0.25, 0.3) is 0 Å². The molecule has 0 amide bonds. The molecule has 0 aliphatic carbocycles. The van der Waals surface area contributed by atoms with Crippen LogP contribution in [0.3, 0.4) is 0 Å². The Morgan fingerprint density at radius 2 is 2.07 bits per heavy atom. The normalized spacial score (nSPS) is 12.2. The van der Waals surface area contributed by atoms with Crippen molar-refractivity contribution in [2.75, 3.05) is 0 Å². The van der Waals surface area contributed by atoms with Gasteiger partial charge in [-0.3, -0.25) is 4.98 Å². The molecular formula is C12H16N2. The lowest BCUT2D eigenvalue weighted by Crippen LogP contribution is -2.08. The van der Waals surface area contributed by atoms with Crippen LogP contribution in [0.2, 0.25) is 0 Å². The Hall–Kier alpha value is -1.31. The summed E-state index contributed by atoms with van der Waals surface area (Å²) in [6.45, 7) is 6.77. The zero-order chi connectivity index (χ0) is 10.2. The lowest BCUT2D eigenvalue weighted by atomic mass is 9.89. The van der Waals surface area contributed by atoms with Gasteiger partial charge < -0.3 is 4.40 Å². The maximum atomic E-state index is 4.15. The lowest BCUT2D eigenvalue weighted by molar-refractivity contribution is 0.412. The van der Waals surface area contributed by atoms with Gasteiger partial charge in [0.15, 0.2) is 0 Å². The smallest absolute Gasteiger partial charge is 0.0666 e. The van der Waals surface area contributed by atoms with Crippen molar-refractivity contribution in [3.8, 4) is 0 Å². The molecule has 0 aromatic carbocycles. The third-order valence-electron chi connectivity index (χ3n) is 2.27. The van der Waals surface area contributed by atoms with Crippen LogP contribution >= 0.6 is 0 Å². The molecule has 2 heteroatoms. The molecule has 0 aliphatic rings. The molecule has 0 aliphatic heterocycles. The molecular weight excluding hydrogens is 172 g/mol. The van der Waals surface area contributed by atoms with E-state index in [1.165, 1.54) is 11.1 Å². The second-order valence-corrected chi connectivity index (χ2v) is 4.95. The molecule has 0 bridgehead atoms. The average molecular weight is 188 g/mol. The van der Waals surface area contributed by atoms with Crippen molar-refractivity contribution in [1.29, 1.82) is 0 Å². The van der Waals surface area contributed by atoms with Crippen LogP contribution in [0.4, 0.5) is 0 Å². The molecule has 0 radical (unpaired) electrons. The molecule has 0 N–H and O–H groups in total. The Bertz CT molecular complexity index is 435. The fraction of sp³-hybridized carbons (Fsp3) is 0.417. The van der Waals surface area contributed by atoms with Crippen molar-refractivity contribution < 1.29 is 0 Å². The van der Waals surface area contributed by atoms with E-state index < -0.39 is 0 Å². The minimum Gasteiger partial charge on any atom is -0.321 e. The van der Waals surface area contributed by atoms with E-state index in [2.05, 4.69) is 42.4 Å². The summed E-state index contributed by atoms with van der Waals surface area (Å²) >= 11 is 0. The third kappa shape index (κ3) is 1.79. The predicted octanol–water partition coefficient (Wildman–Crippen LogP) is 2.92. The first-order chi connectivity index (χ1) is 6.56. The maximum Gasteiger partial charge on any atom is 0.0666 e. The SMILES string of the molecule is CC(C)(C)Cc1ccn2ccncc12. The molecule has 2 aromatic rings.